The Balaban J connectivity index is 1.82. The predicted octanol–water partition coefficient (Wildman–Crippen LogP) is 5.00. The molecule has 1 unspecified atom stereocenters. The summed E-state index contributed by atoms with van der Waals surface area (Å²) in [6.45, 7) is 0. The number of hydrogen-bond donors (Lipinski definition) is 0. The van der Waals surface area contributed by atoms with Gasteiger partial charge >= 0.3 is 0 Å². The molecule has 0 bridgehead atoms. The maximum atomic E-state index is 13.1. The van der Waals surface area contributed by atoms with Crippen molar-refractivity contribution >= 4 is 43.8 Å². The number of rotatable bonds is 6. The molecule has 0 aliphatic heterocycles. The highest BCUT2D eigenvalue weighted by Gasteiger charge is 2.34. The van der Waals surface area contributed by atoms with Gasteiger partial charge in [-0.1, -0.05) is 23.2 Å². The highest BCUT2D eigenvalue weighted by molar-refractivity contribution is 7.92. The summed E-state index contributed by atoms with van der Waals surface area (Å²) in [4.78, 5) is 4.22. The van der Waals surface area contributed by atoms with Crippen molar-refractivity contribution in [1.82, 2.24) is 4.98 Å². The van der Waals surface area contributed by atoms with Crippen LogP contribution < -0.4 is 0 Å². The van der Waals surface area contributed by atoms with Crippen molar-refractivity contribution in [3.8, 4) is 11.5 Å². The third kappa shape index (κ3) is 4.03. The lowest BCUT2D eigenvalue weighted by Gasteiger charge is -2.03. The first-order valence-corrected chi connectivity index (χ1v) is 12.1. The van der Waals surface area contributed by atoms with Crippen molar-refractivity contribution in [2.45, 2.75) is 27.9 Å². The third-order valence-electron chi connectivity index (χ3n) is 4.33. The van der Waals surface area contributed by atoms with Crippen molar-refractivity contribution in [2.24, 2.45) is 5.92 Å². The van der Waals surface area contributed by atoms with Crippen LogP contribution in [-0.2, 0) is 20.6 Å². The van der Waals surface area contributed by atoms with E-state index in [1.165, 1.54) is 24.3 Å². The Morgan fingerprint density at radius 1 is 1.00 bits per heavy atom. The van der Waals surface area contributed by atoms with Gasteiger partial charge in [0.2, 0.25) is 25.8 Å². The molecule has 1 aromatic heterocycles. The average Bonchev–Trinajstić information content (AvgIpc) is 3.36. The monoisotopic (exact) mass is 455 g/mol. The Hall–Kier alpha value is -1.67. The molecule has 1 fully saturated rings. The van der Waals surface area contributed by atoms with Crippen LogP contribution in [-0.4, -0.2) is 23.4 Å². The van der Waals surface area contributed by atoms with Crippen LogP contribution >= 0.6 is 23.2 Å². The number of hydrogen-bond acceptors (Lipinski definition) is 5. The predicted molar refractivity (Wildman–Crippen MR) is 108 cm³/mol. The minimum absolute atomic E-state index is 0.0116. The van der Waals surface area contributed by atoms with Gasteiger partial charge in [0.1, 0.15) is 0 Å². The molecule has 0 spiro atoms. The summed E-state index contributed by atoms with van der Waals surface area (Å²) >= 11 is 11.8. The van der Waals surface area contributed by atoms with Crippen LogP contribution in [0.4, 0.5) is 0 Å². The number of halogens is 2. The maximum Gasteiger partial charge on any atom is 0.230 e. The molecule has 1 aliphatic carbocycles. The minimum atomic E-state index is -4.02. The van der Waals surface area contributed by atoms with Crippen LogP contribution in [0.5, 0.6) is 0 Å². The Labute approximate surface area is 175 Å². The van der Waals surface area contributed by atoms with Crippen LogP contribution in [0, 0.1) is 5.92 Å². The lowest BCUT2D eigenvalue weighted by molar-refractivity contribution is 0.460. The molecule has 1 saturated carbocycles. The van der Waals surface area contributed by atoms with E-state index in [0.717, 1.165) is 12.8 Å². The van der Waals surface area contributed by atoms with Crippen molar-refractivity contribution in [2.75, 3.05) is 5.75 Å². The van der Waals surface area contributed by atoms with Crippen molar-refractivity contribution in [3.63, 3.8) is 0 Å². The molecule has 1 heterocycles. The van der Waals surface area contributed by atoms with Gasteiger partial charge in [0.15, 0.2) is 0 Å². The van der Waals surface area contributed by atoms with Gasteiger partial charge in [-0.3, -0.25) is 4.21 Å². The molecule has 9 heteroatoms. The summed E-state index contributed by atoms with van der Waals surface area (Å²) < 4.78 is 44.8. The van der Waals surface area contributed by atoms with E-state index in [1.54, 1.807) is 24.3 Å². The van der Waals surface area contributed by atoms with E-state index >= 15 is 0 Å². The number of nitrogens with zero attached hydrogens (tertiary/aromatic N) is 1. The number of oxazole rings is 1. The van der Waals surface area contributed by atoms with Gasteiger partial charge in [0.25, 0.3) is 0 Å². The van der Waals surface area contributed by atoms with Gasteiger partial charge in [-0.05, 0) is 67.3 Å². The first-order chi connectivity index (χ1) is 13.3. The van der Waals surface area contributed by atoms with Crippen LogP contribution in [0.1, 0.15) is 12.8 Å². The Morgan fingerprint density at radius 2 is 1.57 bits per heavy atom. The van der Waals surface area contributed by atoms with E-state index in [1.807, 2.05) is 0 Å². The lowest BCUT2D eigenvalue weighted by Crippen LogP contribution is -2.08. The molecule has 3 aromatic rings. The smallest absolute Gasteiger partial charge is 0.230 e. The van der Waals surface area contributed by atoms with E-state index < -0.39 is 20.6 Å². The molecule has 0 N–H and O–H groups in total. The molecule has 1 atom stereocenters. The molecule has 2 aromatic carbocycles. The van der Waals surface area contributed by atoms with Gasteiger partial charge in [-0.15, -0.1) is 0 Å². The van der Waals surface area contributed by atoms with Crippen LogP contribution in [0.25, 0.3) is 11.5 Å². The van der Waals surface area contributed by atoms with Gasteiger partial charge < -0.3 is 4.42 Å². The normalized spacial score (nSPS) is 15.5. The fourth-order valence-electron chi connectivity index (χ4n) is 2.62. The van der Waals surface area contributed by atoms with E-state index in [-0.39, 0.29) is 20.9 Å². The molecule has 5 nitrogen and oxygen atoms in total. The van der Waals surface area contributed by atoms with E-state index in [0.29, 0.717) is 27.3 Å². The second-order valence-electron chi connectivity index (χ2n) is 6.53. The first kappa shape index (κ1) is 19.6. The second-order valence-corrected chi connectivity index (χ2v) is 10.7. The largest absolute Gasteiger partial charge is 0.426 e. The molecular weight excluding hydrogens is 441 g/mol. The maximum absolute atomic E-state index is 13.1. The summed E-state index contributed by atoms with van der Waals surface area (Å²) in [5.74, 6) is 0.776. The fourth-order valence-corrected chi connectivity index (χ4v) is 5.99. The zero-order valence-corrected chi connectivity index (χ0v) is 17.6. The fraction of sp³-hybridized carbons (Fsp3) is 0.211. The highest BCUT2D eigenvalue weighted by atomic mass is 35.5. The Kier molecular flexibility index (Phi) is 5.35. The summed E-state index contributed by atoms with van der Waals surface area (Å²) in [6, 6.07) is 12.4. The standard InChI is InChI=1S/C19H15Cl2NO4S2/c20-14-5-3-13(4-6-14)17-22-18(19(26-17)27(23)11-12-1-2-12)28(24,25)16-9-7-15(21)8-10-16/h3-10,12H,1-2,11H2. The molecule has 1 aliphatic rings. The highest BCUT2D eigenvalue weighted by Crippen LogP contribution is 2.35. The molecule has 0 saturated heterocycles. The van der Waals surface area contributed by atoms with Crippen molar-refractivity contribution in [1.29, 1.82) is 0 Å². The molecule has 28 heavy (non-hydrogen) atoms. The SMILES string of the molecule is O=S(CC1CC1)c1oc(-c2ccc(Cl)cc2)nc1S(=O)(=O)c1ccc(Cl)cc1. The van der Waals surface area contributed by atoms with Gasteiger partial charge in [-0.2, -0.15) is 4.98 Å². The number of sulfone groups is 1. The lowest BCUT2D eigenvalue weighted by atomic mass is 10.2. The van der Waals surface area contributed by atoms with Gasteiger partial charge in [-0.25, -0.2) is 8.42 Å². The van der Waals surface area contributed by atoms with Gasteiger partial charge in [0.05, 0.1) is 15.7 Å². The second kappa shape index (κ2) is 7.63. The van der Waals surface area contributed by atoms with E-state index in [4.69, 9.17) is 27.6 Å². The zero-order chi connectivity index (χ0) is 19.9. The first-order valence-electron chi connectivity index (χ1n) is 8.50. The summed E-state index contributed by atoms with van der Waals surface area (Å²) in [7, 11) is -5.63. The van der Waals surface area contributed by atoms with Crippen LogP contribution in [0.2, 0.25) is 10.0 Å². The topological polar surface area (TPSA) is 77.2 Å². The molecule has 146 valence electrons. The number of aromatic nitrogens is 1. The molecular formula is C19H15Cl2NO4S2. The molecule has 4 rings (SSSR count). The van der Waals surface area contributed by atoms with E-state index in [9.17, 15) is 12.6 Å². The Bertz CT molecular complexity index is 1140. The molecule has 0 radical (unpaired) electrons. The summed E-state index contributed by atoms with van der Waals surface area (Å²) in [5.41, 5.74) is 0.548. The third-order valence-corrected chi connectivity index (χ3v) is 8.10. The van der Waals surface area contributed by atoms with Crippen molar-refractivity contribution in [3.05, 3.63) is 58.6 Å². The minimum Gasteiger partial charge on any atom is -0.426 e. The van der Waals surface area contributed by atoms with Gasteiger partial charge in [0, 0.05) is 21.4 Å². The zero-order valence-electron chi connectivity index (χ0n) is 14.5. The van der Waals surface area contributed by atoms with Crippen LogP contribution in [0.3, 0.4) is 0 Å². The number of benzene rings is 2. The quantitative estimate of drug-likeness (QED) is 0.522. The molecule has 0 amide bonds. The summed E-state index contributed by atoms with van der Waals surface area (Å²) in [6.07, 6.45) is 1.98. The average molecular weight is 456 g/mol. The Morgan fingerprint density at radius 3 is 2.14 bits per heavy atom. The van der Waals surface area contributed by atoms with Crippen molar-refractivity contribution < 1.29 is 17.0 Å². The van der Waals surface area contributed by atoms with E-state index in [2.05, 4.69) is 4.98 Å². The van der Waals surface area contributed by atoms with Crippen LogP contribution in [0.15, 0.2) is 68.0 Å². The summed E-state index contributed by atoms with van der Waals surface area (Å²) in [5, 5.41) is 0.505.